The Morgan fingerprint density at radius 2 is 1.15 bits per heavy atom. The summed E-state index contributed by atoms with van der Waals surface area (Å²) >= 11 is 0. The first-order valence-corrected chi connectivity index (χ1v) is 9.12. The molecule has 3 rings (SSSR count). The van der Waals surface area contributed by atoms with E-state index in [9.17, 15) is 35.5 Å². The second-order valence-electron chi connectivity index (χ2n) is 4.93. The molecule has 0 unspecified atom stereocenters. The van der Waals surface area contributed by atoms with Gasteiger partial charge in [0, 0.05) is 16.7 Å². The second-order valence-corrected chi connectivity index (χ2v) is 7.59. The van der Waals surface area contributed by atoms with Crippen LogP contribution in [-0.4, -0.2) is 37.5 Å². The fourth-order valence-electron chi connectivity index (χ4n) is 2.58. The van der Waals surface area contributed by atoms with Crippen molar-refractivity contribution in [3.05, 3.63) is 58.7 Å². The molecular formula is C14H6Na2O8S2. The number of benzene rings is 2. The summed E-state index contributed by atoms with van der Waals surface area (Å²) in [5.74, 6) is -1.76. The van der Waals surface area contributed by atoms with Crippen molar-refractivity contribution in [1.82, 2.24) is 0 Å². The maximum absolute atomic E-state index is 12.5. The van der Waals surface area contributed by atoms with Crippen LogP contribution in [0.2, 0.25) is 0 Å². The average Bonchev–Trinajstić information content (AvgIpc) is 2.49. The molecule has 0 radical (unpaired) electrons. The summed E-state index contributed by atoms with van der Waals surface area (Å²) in [6.45, 7) is 0. The molecule has 12 heteroatoms. The molecule has 0 heterocycles. The zero-order chi connectivity index (χ0) is 17.9. The summed E-state index contributed by atoms with van der Waals surface area (Å²) in [6, 6.07) is 6.86. The summed E-state index contributed by atoms with van der Waals surface area (Å²) in [6.07, 6.45) is 0. The van der Waals surface area contributed by atoms with Crippen LogP contribution in [0.4, 0.5) is 0 Å². The number of carbonyl (C=O) groups is 2. The van der Waals surface area contributed by atoms with Crippen LogP contribution in [0.5, 0.6) is 0 Å². The van der Waals surface area contributed by atoms with Crippen LogP contribution >= 0.6 is 0 Å². The Morgan fingerprint density at radius 1 is 0.654 bits per heavy atom. The van der Waals surface area contributed by atoms with Gasteiger partial charge >= 0.3 is 59.1 Å². The van der Waals surface area contributed by atoms with E-state index in [1.807, 2.05) is 0 Å². The van der Waals surface area contributed by atoms with Crippen LogP contribution in [0.3, 0.4) is 0 Å². The van der Waals surface area contributed by atoms with Crippen molar-refractivity contribution in [3.8, 4) is 0 Å². The Labute approximate surface area is 193 Å². The average molecular weight is 412 g/mol. The van der Waals surface area contributed by atoms with E-state index in [1.54, 1.807) is 0 Å². The fraction of sp³-hybridized carbons (Fsp3) is 0. The number of hydrogen-bond donors (Lipinski definition) is 0. The number of fused-ring (bicyclic) bond motifs is 2. The topological polar surface area (TPSA) is 149 Å². The van der Waals surface area contributed by atoms with Crippen molar-refractivity contribution in [2.45, 2.75) is 9.79 Å². The minimum Gasteiger partial charge on any atom is -0.744 e. The SMILES string of the molecule is O=C1c2ccccc2C(=O)c2c1ccc(S(=O)(=O)[O-])c2S(=O)(=O)[O-].[Na+].[Na+]. The quantitative estimate of drug-likeness (QED) is 0.299. The summed E-state index contributed by atoms with van der Waals surface area (Å²) in [7, 11) is -10.9. The Kier molecular flexibility index (Phi) is 7.20. The van der Waals surface area contributed by atoms with Gasteiger partial charge in [-0.3, -0.25) is 9.59 Å². The molecule has 0 aliphatic heterocycles. The molecule has 1 aliphatic rings. The Balaban J connectivity index is 0.00000169. The molecule has 0 saturated carbocycles. The molecule has 0 spiro atoms. The molecule has 124 valence electrons. The zero-order valence-electron chi connectivity index (χ0n) is 13.5. The predicted molar refractivity (Wildman–Crippen MR) is 75.7 cm³/mol. The Bertz CT molecular complexity index is 1140. The molecule has 0 bridgehead atoms. The van der Waals surface area contributed by atoms with Crippen LogP contribution in [0.15, 0.2) is 46.2 Å². The molecule has 26 heavy (non-hydrogen) atoms. The van der Waals surface area contributed by atoms with Crippen molar-refractivity contribution in [2.75, 3.05) is 0 Å². The molecular weight excluding hydrogens is 406 g/mol. The van der Waals surface area contributed by atoms with Gasteiger partial charge in [-0.2, -0.15) is 0 Å². The van der Waals surface area contributed by atoms with Crippen molar-refractivity contribution >= 4 is 31.8 Å². The van der Waals surface area contributed by atoms with Gasteiger partial charge in [0.2, 0.25) is 0 Å². The van der Waals surface area contributed by atoms with Gasteiger partial charge in [-0.15, -0.1) is 0 Å². The van der Waals surface area contributed by atoms with Crippen LogP contribution in [0.1, 0.15) is 31.8 Å². The Hall–Kier alpha value is -0.400. The summed E-state index contributed by atoms with van der Waals surface area (Å²) in [5.41, 5.74) is -1.52. The molecule has 1 aliphatic carbocycles. The predicted octanol–water partition coefficient (Wildman–Crippen LogP) is -5.72. The first kappa shape index (κ1) is 23.6. The van der Waals surface area contributed by atoms with E-state index in [4.69, 9.17) is 0 Å². The third kappa shape index (κ3) is 3.90. The molecule has 0 saturated heterocycles. The molecule has 8 nitrogen and oxygen atoms in total. The van der Waals surface area contributed by atoms with Gasteiger partial charge in [-0.1, -0.05) is 24.3 Å². The van der Waals surface area contributed by atoms with Crippen molar-refractivity contribution in [3.63, 3.8) is 0 Å². The van der Waals surface area contributed by atoms with Gasteiger partial charge in [0.25, 0.3) is 0 Å². The molecule has 0 fully saturated rings. The third-order valence-corrected chi connectivity index (χ3v) is 5.46. The van der Waals surface area contributed by atoms with Crippen LogP contribution in [0.25, 0.3) is 0 Å². The summed E-state index contributed by atoms with van der Waals surface area (Å²) < 4.78 is 68.3. The normalized spacial score (nSPS) is 13.2. The third-order valence-electron chi connectivity index (χ3n) is 3.53. The molecule has 0 N–H and O–H groups in total. The van der Waals surface area contributed by atoms with Gasteiger partial charge in [0.15, 0.2) is 11.6 Å². The smallest absolute Gasteiger partial charge is 0.744 e. The van der Waals surface area contributed by atoms with Crippen LogP contribution < -0.4 is 59.1 Å². The first-order valence-electron chi connectivity index (χ1n) is 6.30. The Morgan fingerprint density at radius 3 is 1.62 bits per heavy atom. The van der Waals surface area contributed by atoms with Gasteiger partial charge in [-0.05, 0) is 12.1 Å². The van der Waals surface area contributed by atoms with Crippen LogP contribution in [0, 0.1) is 0 Å². The monoisotopic (exact) mass is 412 g/mol. The second kappa shape index (κ2) is 7.92. The number of ketones is 2. The van der Waals surface area contributed by atoms with E-state index in [2.05, 4.69) is 0 Å². The maximum atomic E-state index is 12.5. The minimum atomic E-state index is -5.52. The van der Waals surface area contributed by atoms with Gasteiger partial charge in [-0.25, -0.2) is 16.8 Å². The number of carbonyl (C=O) groups excluding carboxylic acids is 2. The number of hydrogen-bond acceptors (Lipinski definition) is 8. The standard InChI is InChI=1S/C14H8O8S2.2Na/c15-12-7-3-1-2-4-8(7)13(16)11-9(12)5-6-10(23(17,18)19)14(11)24(20,21)22;;/h1-6H,(H,17,18,19)(H,20,21,22);;/q;2*+1/p-2. The summed E-state index contributed by atoms with van der Waals surface area (Å²) in [4.78, 5) is 22.1. The van der Waals surface area contributed by atoms with Gasteiger partial charge < -0.3 is 9.11 Å². The molecule has 2 aromatic rings. The van der Waals surface area contributed by atoms with Gasteiger partial charge in [0.05, 0.1) is 15.4 Å². The van der Waals surface area contributed by atoms with E-state index in [0.717, 1.165) is 6.07 Å². The molecule has 0 aromatic heterocycles. The first-order chi connectivity index (χ1) is 11.0. The molecule has 0 amide bonds. The molecule has 2 aromatic carbocycles. The molecule has 0 atom stereocenters. The van der Waals surface area contributed by atoms with E-state index in [0.29, 0.717) is 6.07 Å². The van der Waals surface area contributed by atoms with Gasteiger partial charge in [0.1, 0.15) is 20.2 Å². The minimum absolute atomic E-state index is 0. The maximum Gasteiger partial charge on any atom is 1.00 e. The van der Waals surface area contributed by atoms with E-state index in [-0.39, 0.29) is 70.2 Å². The van der Waals surface area contributed by atoms with E-state index < -0.39 is 52.7 Å². The largest absolute Gasteiger partial charge is 1.00 e. The zero-order valence-corrected chi connectivity index (χ0v) is 19.2. The van der Waals surface area contributed by atoms with Crippen LogP contribution in [-0.2, 0) is 20.2 Å². The summed E-state index contributed by atoms with van der Waals surface area (Å²) in [5, 5.41) is 0. The van der Waals surface area contributed by atoms with E-state index >= 15 is 0 Å². The van der Waals surface area contributed by atoms with Crippen molar-refractivity contribution in [1.29, 1.82) is 0 Å². The van der Waals surface area contributed by atoms with E-state index in [1.165, 1.54) is 24.3 Å². The number of rotatable bonds is 2. The van der Waals surface area contributed by atoms with Crippen molar-refractivity contribution < 1.29 is 94.6 Å². The van der Waals surface area contributed by atoms with Crippen molar-refractivity contribution in [2.24, 2.45) is 0 Å². The fourth-order valence-corrected chi connectivity index (χ4v) is 4.53.